The van der Waals surface area contributed by atoms with E-state index in [0.717, 1.165) is 22.6 Å². The lowest BCUT2D eigenvalue weighted by Crippen LogP contribution is -2.53. The summed E-state index contributed by atoms with van der Waals surface area (Å²) in [5.41, 5.74) is 4.09. The largest absolute Gasteiger partial charge is 0.465 e. The van der Waals surface area contributed by atoms with Gasteiger partial charge in [0.2, 0.25) is 5.91 Å². The highest BCUT2D eigenvalue weighted by atomic mass is 16.6. The summed E-state index contributed by atoms with van der Waals surface area (Å²) in [5.74, 6) is -0.514. The molecule has 5 rings (SSSR count). The number of ketones is 1. The number of fused-ring (bicyclic) bond motifs is 1. The van der Waals surface area contributed by atoms with Crippen molar-refractivity contribution in [3.63, 3.8) is 0 Å². The fourth-order valence-electron chi connectivity index (χ4n) is 6.09. The van der Waals surface area contributed by atoms with Crippen LogP contribution in [0.3, 0.4) is 0 Å². The van der Waals surface area contributed by atoms with E-state index in [9.17, 15) is 19.2 Å². The molecule has 3 aliphatic rings. The number of carbonyl (C=O) groups excluding carboxylic acids is 4. The third-order valence-electron chi connectivity index (χ3n) is 8.12. The summed E-state index contributed by atoms with van der Waals surface area (Å²) in [6.45, 7) is 7.84. The van der Waals surface area contributed by atoms with E-state index in [4.69, 9.17) is 9.47 Å². The normalized spacial score (nSPS) is 19.8. The number of Topliss-reactive ketones (excluding diaryl/α,β-unsaturated/α-hetero) is 1. The molecule has 1 saturated heterocycles. The van der Waals surface area contributed by atoms with E-state index < -0.39 is 12.0 Å². The van der Waals surface area contributed by atoms with Gasteiger partial charge in [0.05, 0.1) is 43.2 Å². The van der Waals surface area contributed by atoms with Gasteiger partial charge in [0, 0.05) is 43.9 Å². The Hall–Kier alpha value is -4.34. The van der Waals surface area contributed by atoms with Crippen LogP contribution in [-0.2, 0) is 19.1 Å². The zero-order chi connectivity index (χ0) is 30.0. The predicted octanol–water partition coefficient (Wildman–Crippen LogP) is 4.39. The second-order valence-corrected chi connectivity index (χ2v) is 11.7. The van der Waals surface area contributed by atoms with Gasteiger partial charge in [-0.3, -0.25) is 9.59 Å². The van der Waals surface area contributed by atoms with Gasteiger partial charge in [0.1, 0.15) is 0 Å². The number of anilines is 2. The number of piperazine rings is 1. The number of ether oxygens (including phenoxy) is 2. The molecule has 0 aromatic heterocycles. The first-order valence-corrected chi connectivity index (χ1v) is 14.4. The summed E-state index contributed by atoms with van der Waals surface area (Å²) in [6.07, 6.45) is 0.695. The molecule has 1 aliphatic carbocycles. The Labute approximate surface area is 246 Å². The maximum absolute atomic E-state index is 13.9. The van der Waals surface area contributed by atoms with Crippen LogP contribution in [0.2, 0.25) is 0 Å². The molecule has 2 aromatic carbocycles. The number of amides is 2. The quantitative estimate of drug-likeness (QED) is 0.524. The van der Waals surface area contributed by atoms with Crippen LogP contribution in [-0.4, -0.2) is 80.0 Å². The number of carbonyl (C=O) groups is 4. The summed E-state index contributed by atoms with van der Waals surface area (Å²) in [6, 6.07) is 14.3. The van der Waals surface area contributed by atoms with Crippen LogP contribution in [0.5, 0.6) is 0 Å². The van der Waals surface area contributed by atoms with Crippen molar-refractivity contribution < 1.29 is 28.7 Å². The van der Waals surface area contributed by atoms with Gasteiger partial charge in [0.15, 0.2) is 5.78 Å². The first-order chi connectivity index (χ1) is 20.1. The first-order valence-electron chi connectivity index (χ1n) is 14.4. The van der Waals surface area contributed by atoms with Gasteiger partial charge in [-0.05, 0) is 48.6 Å². The molecule has 1 fully saturated rings. The van der Waals surface area contributed by atoms with E-state index in [2.05, 4.69) is 19.2 Å². The highest BCUT2D eigenvalue weighted by Crippen LogP contribution is 2.48. The summed E-state index contributed by atoms with van der Waals surface area (Å²) in [4.78, 5) is 57.5. The first kappa shape index (κ1) is 29.2. The van der Waals surface area contributed by atoms with Crippen LogP contribution < -0.4 is 10.2 Å². The molecule has 0 bridgehead atoms. The van der Waals surface area contributed by atoms with Crippen molar-refractivity contribution >= 4 is 35.1 Å². The van der Waals surface area contributed by atoms with Gasteiger partial charge in [0.25, 0.3) is 0 Å². The molecule has 0 spiro atoms. The lowest BCUT2D eigenvalue weighted by atomic mass is 9.73. The molecule has 2 aliphatic heterocycles. The molecule has 10 heteroatoms. The lowest BCUT2D eigenvalue weighted by Gasteiger charge is -2.39. The fraction of sp³-hybridized carbons (Fsp3) is 0.438. The van der Waals surface area contributed by atoms with Crippen molar-refractivity contribution in [2.24, 2.45) is 5.41 Å². The summed E-state index contributed by atoms with van der Waals surface area (Å²) < 4.78 is 10.0. The average molecular weight is 575 g/mol. The number of nitrogens with zero attached hydrogens (tertiary/aromatic N) is 3. The van der Waals surface area contributed by atoms with E-state index in [0.29, 0.717) is 56.8 Å². The number of hydrogen-bond acceptors (Lipinski definition) is 8. The highest BCUT2D eigenvalue weighted by Gasteiger charge is 2.42. The Morgan fingerprint density at radius 2 is 1.62 bits per heavy atom. The predicted molar refractivity (Wildman–Crippen MR) is 158 cm³/mol. The molecule has 222 valence electrons. The minimum Gasteiger partial charge on any atom is -0.465 e. The molecule has 2 amide bonds. The molecule has 42 heavy (non-hydrogen) atoms. The molecule has 2 aromatic rings. The lowest BCUT2D eigenvalue weighted by molar-refractivity contribution is -0.131. The van der Waals surface area contributed by atoms with Gasteiger partial charge < -0.3 is 29.5 Å². The number of benzene rings is 2. The standard InChI is InChI=1S/C32H38N4O6/c1-5-42-31(40)35-16-14-34(15-17-35)27(38)20-36-25-9-7-6-8-23(25)33-24-18-32(2,3)19-26(37)28(24)29(36)21-10-12-22(13-11-21)30(39)41-4/h6-13,29,33H,5,14-20H2,1-4H3. The molecule has 1 unspecified atom stereocenters. The van der Waals surface area contributed by atoms with Crippen molar-refractivity contribution in [3.05, 3.63) is 70.9 Å². The Morgan fingerprint density at radius 1 is 0.952 bits per heavy atom. The third-order valence-corrected chi connectivity index (χ3v) is 8.12. The average Bonchev–Trinajstić information content (AvgIpc) is 3.10. The SMILES string of the molecule is CCOC(=O)N1CCN(C(=O)CN2c3ccccc3NC3=C(C(=O)CC(C)(C)C3)C2c2ccc(C(=O)OC)cc2)CC1. The second kappa shape index (κ2) is 11.9. The van der Waals surface area contributed by atoms with Crippen molar-refractivity contribution in [1.29, 1.82) is 0 Å². The van der Waals surface area contributed by atoms with Crippen LogP contribution in [0.15, 0.2) is 59.8 Å². The van der Waals surface area contributed by atoms with Gasteiger partial charge in [-0.25, -0.2) is 9.59 Å². The smallest absolute Gasteiger partial charge is 0.409 e. The molecule has 2 heterocycles. The molecule has 0 saturated carbocycles. The van der Waals surface area contributed by atoms with Crippen molar-refractivity contribution in [1.82, 2.24) is 9.80 Å². The Morgan fingerprint density at radius 3 is 2.29 bits per heavy atom. The monoisotopic (exact) mass is 574 g/mol. The van der Waals surface area contributed by atoms with Crippen molar-refractivity contribution in [2.45, 2.75) is 39.7 Å². The Kier molecular flexibility index (Phi) is 8.24. The van der Waals surface area contributed by atoms with Crippen molar-refractivity contribution in [3.8, 4) is 0 Å². The molecule has 1 N–H and O–H groups in total. The van der Waals surface area contributed by atoms with Gasteiger partial charge in [-0.15, -0.1) is 0 Å². The maximum Gasteiger partial charge on any atom is 0.409 e. The summed E-state index contributed by atoms with van der Waals surface area (Å²) in [5, 5.41) is 3.56. The van der Waals surface area contributed by atoms with Crippen molar-refractivity contribution in [2.75, 3.05) is 56.7 Å². The van der Waals surface area contributed by atoms with E-state index in [1.807, 2.05) is 41.3 Å². The minimum absolute atomic E-state index is 0.0228. The van der Waals surface area contributed by atoms with E-state index in [1.54, 1.807) is 28.9 Å². The maximum atomic E-state index is 13.9. The number of allylic oxidation sites excluding steroid dienone is 1. The fourth-order valence-corrected chi connectivity index (χ4v) is 6.09. The second-order valence-electron chi connectivity index (χ2n) is 11.7. The van der Waals surface area contributed by atoms with Gasteiger partial charge >= 0.3 is 12.1 Å². The van der Waals surface area contributed by atoms with Crippen LogP contribution >= 0.6 is 0 Å². The molecule has 10 nitrogen and oxygen atoms in total. The van der Waals surface area contributed by atoms with E-state index in [1.165, 1.54) is 7.11 Å². The Bertz CT molecular complexity index is 1410. The zero-order valence-corrected chi connectivity index (χ0v) is 24.6. The zero-order valence-electron chi connectivity index (χ0n) is 24.6. The number of rotatable bonds is 5. The molecular formula is C32H38N4O6. The van der Waals surface area contributed by atoms with E-state index in [-0.39, 0.29) is 29.7 Å². The van der Waals surface area contributed by atoms with Crippen LogP contribution in [0.25, 0.3) is 0 Å². The number of nitrogens with one attached hydrogen (secondary N) is 1. The van der Waals surface area contributed by atoms with Gasteiger partial charge in [-0.2, -0.15) is 0 Å². The van der Waals surface area contributed by atoms with E-state index >= 15 is 0 Å². The molecular weight excluding hydrogens is 536 g/mol. The number of hydrogen-bond donors (Lipinski definition) is 1. The van der Waals surface area contributed by atoms with Gasteiger partial charge in [-0.1, -0.05) is 38.1 Å². The van der Waals surface area contributed by atoms with Crippen LogP contribution in [0.1, 0.15) is 55.6 Å². The third kappa shape index (κ3) is 5.84. The number of para-hydroxylation sites is 2. The number of esters is 1. The molecule has 1 atom stereocenters. The van der Waals surface area contributed by atoms with Crippen LogP contribution in [0, 0.1) is 5.41 Å². The van der Waals surface area contributed by atoms with Crippen LogP contribution in [0.4, 0.5) is 16.2 Å². The Balaban J connectivity index is 1.53. The number of methoxy groups -OCH3 is 1. The molecule has 0 radical (unpaired) electrons. The minimum atomic E-state index is -0.559. The summed E-state index contributed by atoms with van der Waals surface area (Å²) >= 11 is 0. The highest BCUT2D eigenvalue weighted by molar-refractivity contribution is 6.02. The topological polar surface area (TPSA) is 108 Å². The summed E-state index contributed by atoms with van der Waals surface area (Å²) in [7, 11) is 1.34.